The lowest BCUT2D eigenvalue weighted by molar-refractivity contribution is 0.0691. The molecule has 2 aromatic rings. The zero-order valence-corrected chi connectivity index (χ0v) is 19.6. The van der Waals surface area contributed by atoms with Crippen LogP contribution in [0.25, 0.3) is 6.08 Å². The van der Waals surface area contributed by atoms with Crippen LogP contribution in [0.15, 0.2) is 30.3 Å². The minimum Gasteiger partial charge on any atom is -0.492 e. The number of likely N-dealkylation sites (N-methyl/N-ethyl adjacent to an activating group) is 1. The number of ether oxygens (including phenoxy) is 1. The predicted octanol–water partition coefficient (Wildman–Crippen LogP) is 4.79. The van der Waals surface area contributed by atoms with Gasteiger partial charge in [-0.2, -0.15) is 0 Å². The van der Waals surface area contributed by atoms with Gasteiger partial charge in [-0.1, -0.05) is 26.0 Å². The molecule has 7 nitrogen and oxygen atoms in total. The summed E-state index contributed by atoms with van der Waals surface area (Å²) in [5, 5.41) is 9.96. The Morgan fingerprint density at radius 2 is 2.00 bits per heavy atom. The number of nitrogens with zero attached hydrogens (tertiary/aromatic N) is 2. The summed E-state index contributed by atoms with van der Waals surface area (Å²) in [5.74, 6) is -2.79. The normalized spacial score (nSPS) is 19.5. The molecule has 0 radical (unpaired) electrons. The molecule has 0 saturated heterocycles. The van der Waals surface area contributed by atoms with Gasteiger partial charge in [-0.25, -0.2) is 22.1 Å². The van der Waals surface area contributed by atoms with Gasteiger partial charge < -0.3 is 14.7 Å². The monoisotopic (exact) mass is 492 g/mol. The summed E-state index contributed by atoms with van der Waals surface area (Å²) in [6, 6.07) is 4.62. The molecule has 2 N–H and O–H groups in total. The smallest absolute Gasteiger partial charge is 0.341 e. The molecule has 1 saturated carbocycles. The molecule has 1 fully saturated rings. The highest BCUT2D eigenvalue weighted by Gasteiger charge is 2.47. The topological polar surface area (TPSA) is 90.3 Å². The summed E-state index contributed by atoms with van der Waals surface area (Å²) in [5.41, 5.74) is -0.482. The van der Waals surface area contributed by atoms with Crippen LogP contribution in [0, 0.1) is 17.6 Å². The van der Waals surface area contributed by atoms with Crippen LogP contribution in [0.1, 0.15) is 47.7 Å². The van der Waals surface area contributed by atoms with E-state index < -0.39 is 40.1 Å². The number of halogens is 2. The van der Waals surface area contributed by atoms with Crippen molar-refractivity contribution in [3.8, 4) is 5.75 Å². The van der Waals surface area contributed by atoms with Crippen molar-refractivity contribution < 1.29 is 32.2 Å². The van der Waals surface area contributed by atoms with Gasteiger partial charge in [0.05, 0.1) is 12.3 Å². The lowest BCUT2D eigenvalue weighted by Crippen LogP contribution is -2.26. The fourth-order valence-electron chi connectivity index (χ4n) is 4.41. The molecule has 1 aliphatic heterocycles. The van der Waals surface area contributed by atoms with Gasteiger partial charge in [0.1, 0.15) is 28.6 Å². The molecule has 1 heterocycles. The summed E-state index contributed by atoms with van der Waals surface area (Å²) < 4.78 is 58.5. The van der Waals surface area contributed by atoms with Crippen molar-refractivity contribution in [1.82, 2.24) is 4.90 Å². The second-order valence-electron chi connectivity index (χ2n) is 8.34. The molecular weight excluding hydrogens is 466 g/mol. The number of benzene rings is 2. The third-order valence-electron chi connectivity index (χ3n) is 6.34. The van der Waals surface area contributed by atoms with Crippen molar-refractivity contribution in [1.29, 1.82) is 0 Å². The first-order valence-electron chi connectivity index (χ1n) is 11.1. The zero-order chi connectivity index (χ0) is 24.6. The van der Waals surface area contributed by atoms with E-state index in [2.05, 4.69) is 4.90 Å². The predicted molar refractivity (Wildman–Crippen MR) is 126 cm³/mol. The van der Waals surface area contributed by atoms with E-state index in [1.807, 2.05) is 13.8 Å². The number of rotatable bonds is 9. The average molecular weight is 493 g/mol. The summed E-state index contributed by atoms with van der Waals surface area (Å²) in [7, 11) is 0. The van der Waals surface area contributed by atoms with Crippen LogP contribution < -0.4 is 9.04 Å². The van der Waals surface area contributed by atoms with E-state index in [-0.39, 0.29) is 28.8 Å². The molecule has 0 bridgehead atoms. The van der Waals surface area contributed by atoms with E-state index in [1.54, 1.807) is 12.2 Å². The maximum Gasteiger partial charge on any atom is 0.341 e. The van der Waals surface area contributed by atoms with Crippen LogP contribution >= 0.6 is 0 Å². The first kappa shape index (κ1) is 24.3. The number of fused-ring (bicyclic) bond motifs is 3. The van der Waals surface area contributed by atoms with Crippen molar-refractivity contribution in [3.05, 3.63) is 58.7 Å². The number of carboxylic acids is 1. The van der Waals surface area contributed by atoms with Gasteiger partial charge in [0.2, 0.25) is 0 Å². The molecule has 1 aliphatic carbocycles. The van der Waals surface area contributed by atoms with Gasteiger partial charge in [0.25, 0.3) is 11.3 Å². The minimum absolute atomic E-state index is 0.0128. The Morgan fingerprint density at radius 1 is 1.26 bits per heavy atom. The van der Waals surface area contributed by atoms with Gasteiger partial charge in [-0.3, -0.25) is 4.55 Å². The number of carbonyl (C=O) groups is 1. The van der Waals surface area contributed by atoms with Gasteiger partial charge in [0, 0.05) is 23.6 Å². The zero-order valence-electron chi connectivity index (χ0n) is 18.8. The Kier molecular flexibility index (Phi) is 7.01. The van der Waals surface area contributed by atoms with Crippen LogP contribution in [-0.4, -0.2) is 51.0 Å². The number of hydrogen-bond donors (Lipinski definition) is 2. The summed E-state index contributed by atoms with van der Waals surface area (Å²) in [6.07, 6.45) is 4.11. The molecule has 34 heavy (non-hydrogen) atoms. The number of carboxylic acid groups (broad SMARTS) is 1. The fourth-order valence-corrected chi connectivity index (χ4v) is 5.08. The first-order chi connectivity index (χ1) is 16.3. The number of aromatic carboxylic acids is 1. The van der Waals surface area contributed by atoms with Gasteiger partial charge in [-0.15, -0.1) is 0 Å². The highest BCUT2D eigenvalue weighted by atomic mass is 32.2. The van der Waals surface area contributed by atoms with E-state index >= 15 is 4.39 Å². The quantitative estimate of drug-likeness (QED) is 0.490. The molecule has 2 aliphatic rings. The van der Waals surface area contributed by atoms with Gasteiger partial charge >= 0.3 is 5.97 Å². The van der Waals surface area contributed by atoms with Gasteiger partial charge in [-0.05, 0) is 49.7 Å². The van der Waals surface area contributed by atoms with Crippen LogP contribution in [0.2, 0.25) is 0 Å². The maximum absolute atomic E-state index is 15.4. The highest BCUT2D eigenvalue weighted by Crippen LogP contribution is 2.56. The van der Waals surface area contributed by atoms with E-state index in [4.69, 9.17) is 4.74 Å². The van der Waals surface area contributed by atoms with Crippen LogP contribution in [0.4, 0.5) is 20.2 Å². The Morgan fingerprint density at radius 3 is 2.65 bits per heavy atom. The SMILES string of the molecule is CCN(CC)CC=Cc1cc(F)ccc1N(c1c(F)cc2c(c1C(=O)O)OCC1CC21)S(=O)O. The van der Waals surface area contributed by atoms with E-state index in [0.717, 1.165) is 31.6 Å². The molecule has 2 aromatic carbocycles. The standard InChI is InChI=1S/C24H26F2N2O5S/c1-3-27(4-2)9-5-6-14-10-16(25)7-8-20(14)28(34(31)32)22-19(26)12-18-17-11-15(17)13-33-23(18)21(22)24(29)30/h5-8,10,12,15,17H,3-4,9,11,13H2,1-2H3,(H,29,30)(H,31,32). The van der Waals surface area contributed by atoms with Crippen LogP contribution in [0.5, 0.6) is 5.75 Å². The lowest BCUT2D eigenvalue weighted by Gasteiger charge is -2.27. The van der Waals surface area contributed by atoms with E-state index in [1.165, 1.54) is 12.1 Å². The average Bonchev–Trinajstić information content (AvgIpc) is 3.58. The molecule has 0 amide bonds. The number of anilines is 2. The van der Waals surface area contributed by atoms with Crippen molar-refractivity contribution >= 4 is 34.7 Å². The molecule has 10 heteroatoms. The second kappa shape index (κ2) is 9.81. The second-order valence-corrected chi connectivity index (χ2v) is 9.16. The van der Waals surface area contributed by atoms with Crippen LogP contribution in [-0.2, 0) is 11.3 Å². The fraction of sp³-hybridized carbons (Fsp3) is 0.375. The third-order valence-corrected chi connectivity index (χ3v) is 7.03. The Bertz CT molecular complexity index is 1170. The van der Waals surface area contributed by atoms with Crippen molar-refractivity contribution in [3.63, 3.8) is 0 Å². The van der Waals surface area contributed by atoms with Gasteiger partial charge in [0.15, 0.2) is 0 Å². The summed E-state index contributed by atoms with van der Waals surface area (Å²) in [6.45, 7) is 6.46. The minimum atomic E-state index is -2.87. The molecule has 4 rings (SSSR count). The highest BCUT2D eigenvalue weighted by molar-refractivity contribution is 7.81. The molecule has 3 unspecified atom stereocenters. The van der Waals surface area contributed by atoms with E-state index in [0.29, 0.717) is 23.0 Å². The molecule has 0 spiro atoms. The van der Waals surface area contributed by atoms with Crippen LogP contribution in [0.3, 0.4) is 0 Å². The summed E-state index contributed by atoms with van der Waals surface area (Å²) >= 11 is -2.87. The maximum atomic E-state index is 15.4. The molecule has 0 aromatic heterocycles. The van der Waals surface area contributed by atoms with Crippen molar-refractivity contribution in [2.24, 2.45) is 5.92 Å². The van der Waals surface area contributed by atoms with Crippen molar-refractivity contribution in [2.75, 3.05) is 30.5 Å². The Labute approximate surface area is 199 Å². The van der Waals surface area contributed by atoms with Crippen molar-refractivity contribution in [2.45, 2.75) is 26.2 Å². The largest absolute Gasteiger partial charge is 0.492 e. The first-order valence-corrected chi connectivity index (χ1v) is 12.1. The summed E-state index contributed by atoms with van der Waals surface area (Å²) in [4.78, 5) is 14.3. The molecular formula is C24H26F2N2O5S. The lowest BCUT2D eigenvalue weighted by atomic mass is 9.99. The van der Waals surface area contributed by atoms with E-state index in [9.17, 15) is 23.1 Å². The third kappa shape index (κ3) is 4.57. The number of hydrogen-bond acceptors (Lipinski definition) is 4. The Balaban J connectivity index is 1.85. The molecule has 3 atom stereocenters. The Hall–Kier alpha value is -2.82. The molecule has 182 valence electrons.